The van der Waals surface area contributed by atoms with E-state index in [9.17, 15) is 9.59 Å². The van der Waals surface area contributed by atoms with Crippen molar-refractivity contribution in [1.29, 1.82) is 0 Å². The minimum atomic E-state index is -0.565. The molecule has 1 amide bonds. The van der Waals surface area contributed by atoms with Gasteiger partial charge in [-0.2, -0.15) is 0 Å². The highest BCUT2D eigenvalue weighted by molar-refractivity contribution is 7.80. The maximum Gasteiger partial charge on any atom is 0.407 e. The Bertz CT molecular complexity index is 1140. The zero-order valence-corrected chi connectivity index (χ0v) is 19.6. The van der Waals surface area contributed by atoms with Crippen molar-refractivity contribution >= 4 is 29.3 Å². The van der Waals surface area contributed by atoms with Crippen molar-refractivity contribution in [3.05, 3.63) is 95.6 Å². The predicted octanol–water partition coefficient (Wildman–Crippen LogP) is 4.57. The highest BCUT2D eigenvalue weighted by Gasteiger charge is 2.29. The predicted molar refractivity (Wildman–Crippen MR) is 135 cm³/mol. The summed E-state index contributed by atoms with van der Waals surface area (Å²) in [6.45, 7) is 2.06. The first-order chi connectivity index (χ1) is 16.5. The van der Waals surface area contributed by atoms with Crippen molar-refractivity contribution in [3.63, 3.8) is 0 Å². The summed E-state index contributed by atoms with van der Waals surface area (Å²) in [6, 6.07) is 25.2. The zero-order chi connectivity index (χ0) is 23.9. The minimum Gasteiger partial charge on any atom is -0.460 e. The molecular weight excluding hydrogens is 448 g/mol. The molecule has 3 aromatic carbocycles. The van der Waals surface area contributed by atoms with Crippen LogP contribution in [-0.2, 0) is 20.9 Å². The fourth-order valence-electron chi connectivity index (χ4n) is 3.98. The van der Waals surface area contributed by atoms with Crippen LogP contribution in [0.25, 0.3) is 11.1 Å². The summed E-state index contributed by atoms with van der Waals surface area (Å²) in [5, 5.41) is 5.55. The molecule has 1 unspecified atom stereocenters. The van der Waals surface area contributed by atoms with Gasteiger partial charge in [0.05, 0.1) is 11.0 Å². The molecule has 0 saturated heterocycles. The zero-order valence-electron chi connectivity index (χ0n) is 18.8. The van der Waals surface area contributed by atoms with Gasteiger partial charge in [-0.3, -0.25) is 4.79 Å². The Morgan fingerprint density at radius 1 is 0.882 bits per heavy atom. The van der Waals surface area contributed by atoms with Crippen molar-refractivity contribution in [2.24, 2.45) is 0 Å². The quantitative estimate of drug-likeness (QED) is 0.368. The molecule has 3 aromatic rings. The molecule has 2 N–H and O–H groups in total. The lowest BCUT2D eigenvalue weighted by atomic mass is 9.98. The average Bonchev–Trinajstić information content (AvgIpc) is 3.19. The van der Waals surface area contributed by atoms with Gasteiger partial charge in [-0.15, -0.1) is 0 Å². The molecule has 1 atom stereocenters. The van der Waals surface area contributed by atoms with Gasteiger partial charge in [-0.25, -0.2) is 4.79 Å². The number of carbonyl (C=O) groups is 2. The lowest BCUT2D eigenvalue weighted by Crippen LogP contribution is -2.45. The smallest absolute Gasteiger partial charge is 0.407 e. The van der Waals surface area contributed by atoms with Crippen LogP contribution in [0, 0.1) is 0 Å². The number of fused-ring (bicyclic) bond motifs is 3. The molecule has 0 aromatic heterocycles. The van der Waals surface area contributed by atoms with E-state index in [-0.39, 0.29) is 25.7 Å². The summed E-state index contributed by atoms with van der Waals surface area (Å²) in [5.74, 6) is -0.447. The van der Waals surface area contributed by atoms with Crippen LogP contribution in [0.1, 0.15) is 29.5 Å². The number of hydrogen-bond donors (Lipinski definition) is 2. The Morgan fingerprint density at radius 3 is 2.12 bits per heavy atom. The summed E-state index contributed by atoms with van der Waals surface area (Å²) in [6.07, 6.45) is -0.565. The van der Waals surface area contributed by atoms with E-state index in [0.717, 1.165) is 16.7 Å². The van der Waals surface area contributed by atoms with Crippen LogP contribution in [-0.4, -0.2) is 36.2 Å². The van der Waals surface area contributed by atoms with Gasteiger partial charge in [0, 0.05) is 5.92 Å². The van der Waals surface area contributed by atoms with Crippen LogP contribution < -0.4 is 10.6 Å². The van der Waals surface area contributed by atoms with E-state index in [4.69, 9.17) is 21.7 Å². The molecular formula is C27H26N2O4S. The molecule has 0 radical (unpaired) electrons. The third kappa shape index (κ3) is 5.61. The monoisotopic (exact) mass is 474 g/mol. The van der Waals surface area contributed by atoms with Crippen molar-refractivity contribution in [1.82, 2.24) is 10.6 Å². The number of thiocarbonyl (C=S) groups is 1. The van der Waals surface area contributed by atoms with Crippen LogP contribution in [0.15, 0.2) is 78.9 Å². The lowest BCUT2D eigenvalue weighted by Gasteiger charge is -2.18. The Balaban J connectivity index is 1.22. The van der Waals surface area contributed by atoms with Crippen molar-refractivity contribution in [2.75, 3.05) is 13.2 Å². The highest BCUT2D eigenvalue weighted by Crippen LogP contribution is 2.44. The van der Waals surface area contributed by atoms with Gasteiger partial charge in [-0.05, 0) is 34.7 Å². The minimum absolute atomic E-state index is 0.0158. The lowest BCUT2D eigenvalue weighted by molar-refractivity contribution is -0.143. The van der Waals surface area contributed by atoms with E-state index in [1.165, 1.54) is 11.1 Å². The number of amides is 1. The van der Waals surface area contributed by atoms with Crippen LogP contribution in [0.4, 0.5) is 4.79 Å². The third-order valence-electron chi connectivity index (χ3n) is 5.72. The normalized spacial score (nSPS) is 12.7. The number of alkyl carbamates (subject to hydrolysis) is 1. The number of carbonyl (C=O) groups excluding carboxylic acids is 2. The van der Waals surface area contributed by atoms with E-state index < -0.39 is 18.1 Å². The summed E-state index contributed by atoms with van der Waals surface area (Å²) in [4.78, 5) is 24.7. The maximum atomic E-state index is 12.4. The van der Waals surface area contributed by atoms with Crippen LogP contribution in [0.2, 0.25) is 0 Å². The molecule has 0 aliphatic heterocycles. The summed E-state index contributed by atoms with van der Waals surface area (Å²) in [7, 11) is 0. The van der Waals surface area contributed by atoms with E-state index in [1.807, 2.05) is 54.6 Å². The SMILES string of the molecule is CC(NC(=O)OCC1c2ccccc2-c2ccccc21)C(=S)NCC(=O)OCc1ccccc1. The number of nitrogens with one attached hydrogen (secondary N) is 2. The Hall–Kier alpha value is -3.71. The number of ether oxygens (including phenoxy) is 2. The molecule has 0 heterocycles. The van der Waals surface area contributed by atoms with Crippen LogP contribution >= 0.6 is 12.2 Å². The first-order valence-electron chi connectivity index (χ1n) is 11.1. The van der Waals surface area contributed by atoms with Gasteiger partial charge in [0.1, 0.15) is 19.8 Å². The topological polar surface area (TPSA) is 76.7 Å². The van der Waals surface area contributed by atoms with E-state index in [2.05, 4.69) is 34.9 Å². The van der Waals surface area contributed by atoms with E-state index in [0.29, 0.717) is 4.99 Å². The second kappa shape index (κ2) is 10.9. The summed E-state index contributed by atoms with van der Waals surface area (Å²) in [5.41, 5.74) is 5.55. The van der Waals surface area contributed by atoms with Gasteiger partial charge in [0.25, 0.3) is 0 Å². The number of esters is 1. The maximum absolute atomic E-state index is 12.4. The largest absolute Gasteiger partial charge is 0.460 e. The Morgan fingerprint density at radius 2 is 1.47 bits per heavy atom. The van der Waals surface area contributed by atoms with Gasteiger partial charge in [0.15, 0.2) is 0 Å². The number of rotatable bonds is 8. The molecule has 174 valence electrons. The van der Waals surface area contributed by atoms with E-state index in [1.54, 1.807) is 6.92 Å². The van der Waals surface area contributed by atoms with Gasteiger partial charge in [0.2, 0.25) is 0 Å². The summed E-state index contributed by atoms with van der Waals surface area (Å²) < 4.78 is 10.8. The molecule has 7 heteroatoms. The molecule has 0 saturated carbocycles. The van der Waals surface area contributed by atoms with Crippen molar-refractivity contribution in [3.8, 4) is 11.1 Å². The average molecular weight is 475 g/mol. The van der Waals surface area contributed by atoms with Gasteiger partial charge >= 0.3 is 12.1 Å². The highest BCUT2D eigenvalue weighted by atomic mass is 32.1. The third-order valence-corrected chi connectivity index (χ3v) is 6.22. The Labute approximate surface area is 204 Å². The first kappa shape index (κ1) is 23.4. The molecule has 0 spiro atoms. The fraction of sp³-hybridized carbons (Fsp3) is 0.222. The number of hydrogen-bond acceptors (Lipinski definition) is 5. The number of benzene rings is 3. The van der Waals surface area contributed by atoms with Crippen molar-refractivity contribution < 1.29 is 19.1 Å². The van der Waals surface area contributed by atoms with Crippen LogP contribution in [0.5, 0.6) is 0 Å². The van der Waals surface area contributed by atoms with Gasteiger partial charge < -0.3 is 20.1 Å². The molecule has 1 aliphatic rings. The van der Waals surface area contributed by atoms with Gasteiger partial charge in [-0.1, -0.05) is 91.1 Å². The van der Waals surface area contributed by atoms with E-state index >= 15 is 0 Å². The molecule has 4 rings (SSSR count). The Kier molecular flexibility index (Phi) is 7.54. The molecule has 6 nitrogen and oxygen atoms in total. The molecule has 34 heavy (non-hydrogen) atoms. The molecule has 1 aliphatic carbocycles. The van der Waals surface area contributed by atoms with Crippen molar-refractivity contribution in [2.45, 2.75) is 25.5 Å². The molecule has 0 bridgehead atoms. The molecule has 0 fully saturated rings. The summed E-state index contributed by atoms with van der Waals surface area (Å²) >= 11 is 5.30. The fourth-order valence-corrected chi connectivity index (χ4v) is 4.11. The van der Waals surface area contributed by atoms with Crippen LogP contribution in [0.3, 0.4) is 0 Å². The second-order valence-corrected chi connectivity index (χ2v) is 8.50. The first-order valence-corrected chi connectivity index (χ1v) is 11.5. The standard InChI is InChI=1S/C27H26N2O4S/c1-18(26(34)28-15-25(30)32-16-19-9-3-2-4-10-19)29-27(31)33-17-24-22-13-7-5-11-20(22)21-12-6-8-14-23(21)24/h2-14,18,24H,15-17H2,1H3,(H,28,34)(H,29,31). The second-order valence-electron chi connectivity index (χ2n) is 8.06.